The predicted molar refractivity (Wildman–Crippen MR) is 151 cm³/mol. The van der Waals surface area contributed by atoms with E-state index in [1.807, 2.05) is 0 Å². The van der Waals surface area contributed by atoms with E-state index in [9.17, 15) is 24.0 Å². The molecule has 1 aliphatic heterocycles. The molecule has 0 radical (unpaired) electrons. The Morgan fingerprint density at radius 2 is 1.59 bits per heavy atom. The van der Waals surface area contributed by atoms with Gasteiger partial charge in [0.1, 0.15) is 17.7 Å². The van der Waals surface area contributed by atoms with Crippen LogP contribution in [-0.2, 0) is 23.9 Å². The van der Waals surface area contributed by atoms with Crippen molar-refractivity contribution < 1.29 is 28.7 Å². The number of ketones is 1. The zero-order valence-corrected chi connectivity index (χ0v) is 25.2. The van der Waals surface area contributed by atoms with Crippen LogP contribution in [0, 0.1) is 40.9 Å². The zero-order chi connectivity index (χ0) is 29.9. The number of fused-ring (bicyclic) bond motifs is 2. The third-order valence-electron chi connectivity index (χ3n) is 10.6. The second kappa shape index (κ2) is 10.9. The Kier molecular flexibility index (Phi) is 7.92. The molecule has 1 saturated heterocycles. The highest BCUT2D eigenvalue weighted by Gasteiger charge is 2.70. The fraction of sp³-hybridized carbons (Fsp3) is 0.839. The van der Waals surface area contributed by atoms with Crippen molar-refractivity contribution in [2.24, 2.45) is 46.7 Å². The molecule has 7 atom stereocenters. The first-order valence-corrected chi connectivity index (χ1v) is 15.6. The molecule has 228 valence electrons. The summed E-state index contributed by atoms with van der Waals surface area (Å²) in [5.41, 5.74) is 4.46. The summed E-state index contributed by atoms with van der Waals surface area (Å²) in [6.07, 6.45) is 8.09. The average molecular weight is 573 g/mol. The van der Waals surface area contributed by atoms with Crippen LogP contribution in [0.3, 0.4) is 0 Å². The minimum absolute atomic E-state index is 0.0316. The van der Waals surface area contributed by atoms with Crippen molar-refractivity contribution in [3.8, 4) is 0 Å². The van der Waals surface area contributed by atoms with Crippen LogP contribution in [0.5, 0.6) is 0 Å². The van der Waals surface area contributed by atoms with Gasteiger partial charge in [0.25, 0.3) is 5.91 Å². The highest BCUT2D eigenvalue weighted by atomic mass is 16.6. The lowest BCUT2D eigenvalue weighted by Gasteiger charge is -2.35. The van der Waals surface area contributed by atoms with E-state index in [4.69, 9.17) is 10.5 Å². The van der Waals surface area contributed by atoms with Crippen molar-refractivity contribution in [1.82, 2.24) is 15.5 Å². The number of likely N-dealkylation sites (tertiary alicyclic amines) is 1. The normalized spacial score (nSPS) is 33.1. The van der Waals surface area contributed by atoms with Gasteiger partial charge in [-0.2, -0.15) is 0 Å². The van der Waals surface area contributed by atoms with Crippen molar-refractivity contribution in [3.63, 3.8) is 0 Å². The molecule has 4 saturated carbocycles. The summed E-state index contributed by atoms with van der Waals surface area (Å²) in [7, 11) is 0. The van der Waals surface area contributed by atoms with Crippen LogP contribution in [0.25, 0.3) is 0 Å². The minimum Gasteiger partial charge on any atom is -0.444 e. The van der Waals surface area contributed by atoms with Crippen molar-refractivity contribution in [1.29, 1.82) is 0 Å². The molecule has 5 rings (SSSR count). The number of ether oxygens (including phenoxy) is 1. The van der Waals surface area contributed by atoms with Crippen molar-refractivity contribution >= 4 is 29.6 Å². The first kappa shape index (κ1) is 29.8. The molecule has 10 heteroatoms. The van der Waals surface area contributed by atoms with E-state index in [0.29, 0.717) is 24.8 Å². The number of piperidine rings is 1. The van der Waals surface area contributed by atoms with Gasteiger partial charge in [-0.1, -0.05) is 52.4 Å². The quantitative estimate of drug-likeness (QED) is 0.362. The number of hydrogen-bond acceptors (Lipinski definition) is 6. The van der Waals surface area contributed by atoms with Gasteiger partial charge in [-0.3, -0.25) is 19.2 Å². The Hall–Kier alpha value is -2.65. The van der Waals surface area contributed by atoms with E-state index >= 15 is 0 Å². The van der Waals surface area contributed by atoms with Crippen molar-refractivity contribution in [2.45, 2.75) is 116 Å². The maximum atomic E-state index is 14.4. The summed E-state index contributed by atoms with van der Waals surface area (Å²) >= 11 is 0. The second-order valence-electron chi connectivity index (χ2n) is 15.0. The molecular weight excluding hydrogens is 524 g/mol. The van der Waals surface area contributed by atoms with Gasteiger partial charge in [0.2, 0.25) is 17.6 Å². The molecule has 41 heavy (non-hydrogen) atoms. The molecule has 4 N–H and O–H groups in total. The van der Waals surface area contributed by atoms with Crippen LogP contribution in [0.4, 0.5) is 4.79 Å². The Bertz CT molecular complexity index is 1080. The number of nitrogens with one attached hydrogen (secondary N) is 2. The molecule has 5 fully saturated rings. The molecule has 0 aromatic carbocycles. The van der Waals surface area contributed by atoms with Crippen molar-refractivity contribution in [3.05, 3.63) is 0 Å². The lowest BCUT2D eigenvalue weighted by atomic mass is 9.82. The molecule has 10 nitrogen and oxygen atoms in total. The SMILES string of the molecule is CC(C)(C)OC(=O)N[C@H](C(=O)N1CC2[C@@H]([C@H]1C(=O)NC(CC1CC1)C(=O)C(N)=O)C2(C)C)C1CC2CCCCC2C1. The number of amides is 4. The maximum absolute atomic E-state index is 14.4. The van der Waals surface area contributed by atoms with Crippen LogP contribution in [-0.4, -0.2) is 64.8 Å². The number of primary amides is 1. The standard InChI is InChI=1S/C31H48N4O6/c1-30(2,3)41-29(40)34-23(19-13-17-8-6-7-9-18(17)14-19)28(39)35-15-20-22(31(20,4)5)24(35)27(38)33-21(12-16-10-11-16)25(36)26(32)37/h16-24H,6-15H2,1-5H3,(H2,32,37)(H,33,38)(H,34,40)/t17?,18?,19?,20?,21?,22-,23-,24-/m0/s1. The maximum Gasteiger partial charge on any atom is 0.408 e. The molecule has 5 aliphatic rings. The summed E-state index contributed by atoms with van der Waals surface area (Å²) in [6, 6.07) is -2.56. The van der Waals surface area contributed by atoms with E-state index < -0.39 is 47.4 Å². The van der Waals surface area contributed by atoms with Gasteiger partial charge in [-0.15, -0.1) is 0 Å². The first-order valence-electron chi connectivity index (χ1n) is 15.6. The van der Waals surface area contributed by atoms with E-state index in [-0.39, 0.29) is 35.0 Å². The van der Waals surface area contributed by atoms with E-state index in [0.717, 1.165) is 38.5 Å². The van der Waals surface area contributed by atoms with Crippen LogP contribution in [0.2, 0.25) is 0 Å². The summed E-state index contributed by atoms with van der Waals surface area (Å²) in [5.74, 6) is -1.12. The van der Waals surface area contributed by atoms with Crippen LogP contribution >= 0.6 is 0 Å². The number of rotatable bonds is 9. The van der Waals surface area contributed by atoms with Crippen LogP contribution in [0.15, 0.2) is 0 Å². The Morgan fingerprint density at radius 3 is 2.12 bits per heavy atom. The Morgan fingerprint density at radius 1 is 0.976 bits per heavy atom. The largest absolute Gasteiger partial charge is 0.444 e. The second-order valence-corrected chi connectivity index (χ2v) is 15.0. The fourth-order valence-corrected chi connectivity index (χ4v) is 8.21. The monoisotopic (exact) mass is 572 g/mol. The number of nitrogens with zero attached hydrogens (tertiary/aromatic N) is 1. The number of Topliss-reactive ketones (excluding diaryl/α,β-unsaturated/α-hetero) is 1. The smallest absolute Gasteiger partial charge is 0.408 e. The summed E-state index contributed by atoms with van der Waals surface area (Å²) in [5, 5.41) is 5.74. The molecule has 0 aromatic rings. The van der Waals surface area contributed by atoms with Gasteiger partial charge >= 0.3 is 6.09 Å². The number of alkyl carbamates (subject to hydrolysis) is 1. The Balaban J connectivity index is 1.38. The lowest BCUT2D eigenvalue weighted by Crippen LogP contribution is -2.59. The number of carbonyl (C=O) groups is 5. The predicted octanol–water partition coefficient (Wildman–Crippen LogP) is 2.92. The number of hydrogen-bond donors (Lipinski definition) is 3. The van der Waals surface area contributed by atoms with Crippen molar-refractivity contribution in [2.75, 3.05) is 6.54 Å². The van der Waals surface area contributed by atoms with Gasteiger partial charge in [-0.25, -0.2) is 4.79 Å². The van der Waals surface area contributed by atoms with Gasteiger partial charge in [-0.05, 0) is 81.0 Å². The Labute approximate surface area is 243 Å². The van der Waals surface area contributed by atoms with Gasteiger partial charge in [0.05, 0.1) is 6.04 Å². The van der Waals surface area contributed by atoms with E-state index in [1.54, 1.807) is 25.7 Å². The molecule has 1 heterocycles. The molecule has 4 aliphatic carbocycles. The number of carbonyl (C=O) groups excluding carboxylic acids is 5. The lowest BCUT2D eigenvalue weighted by molar-refractivity contribution is -0.144. The summed E-state index contributed by atoms with van der Waals surface area (Å²) < 4.78 is 5.56. The number of nitrogens with two attached hydrogens (primary N) is 1. The molecule has 0 spiro atoms. The van der Waals surface area contributed by atoms with Gasteiger partial charge in [0, 0.05) is 6.54 Å². The van der Waals surface area contributed by atoms with Crippen LogP contribution in [0.1, 0.15) is 92.4 Å². The van der Waals surface area contributed by atoms with Crippen LogP contribution < -0.4 is 16.4 Å². The highest BCUT2D eigenvalue weighted by molar-refractivity contribution is 6.37. The van der Waals surface area contributed by atoms with E-state index in [1.165, 1.54) is 12.8 Å². The molecule has 0 bridgehead atoms. The third-order valence-corrected chi connectivity index (χ3v) is 10.6. The van der Waals surface area contributed by atoms with E-state index in [2.05, 4.69) is 24.5 Å². The first-order chi connectivity index (χ1) is 19.2. The third kappa shape index (κ3) is 6.26. The van der Waals surface area contributed by atoms with Gasteiger partial charge < -0.3 is 26.0 Å². The molecule has 0 aromatic heterocycles. The average Bonchev–Trinajstić information content (AvgIpc) is 3.63. The topological polar surface area (TPSA) is 148 Å². The molecule has 4 amide bonds. The van der Waals surface area contributed by atoms with Gasteiger partial charge in [0.15, 0.2) is 0 Å². The molecule has 4 unspecified atom stereocenters. The zero-order valence-electron chi connectivity index (χ0n) is 25.2. The fourth-order valence-electron chi connectivity index (χ4n) is 8.21. The summed E-state index contributed by atoms with van der Waals surface area (Å²) in [4.78, 5) is 67.2. The minimum atomic E-state index is -1.07. The summed E-state index contributed by atoms with van der Waals surface area (Å²) in [6.45, 7) is 9.97. The highest BCUT2D eigenvalue weighted by Crippen LogP contribution is 2.65. The molecular formula is C31H48N4O6.